The first kappa shape index (κ1) is 20.8. The van der Waals surface area contributed by atoms with E-state index in [1.54, 1.807) is 12.1 Å². The average molecular weight is 419 g/mol. The minimum Gasteiger partial charge on any atom is -0.380 e. The molecule has 0 saturated carbocycles. The fraction of sp³-hybridized carbons (Fsp3) is 0.333. The number of thiazole rings is 1. The Labute approximate surface area is 172 Å². The molecule has 0 atom stereocenters. The van der Waals surface area contributed by atoms with E-state index in [0.29, 0.717) is 24.6 Å². The number of fused-ring (bicyclic) bond motifs is 1. The van der Waals surface area contributed by atoms with Crippen molar-refractivity contribution >= 4 is 39.2 Å². The molecule has 0 unspecified atom stereocenters. The van der Waals surface area contributed by atoms with Crippen molar-refractivity contribution in [1.82, 2.24) is 4.57 Å². The molecule has 3 aromatic rings. The molecule has 1 heterocycles. The zero-order chi connectivity index (χ0) is 20.1. The molecule has 0 fully saturated rings. The number of aromatic nitrogens is 1. The lowest BCUT2D eigenvalue weighted by Crippen LogP contribution is -2.20. The molecule has 1 aromatic heterocycles. The van der Waals surface area contributed by atoms with Crippen LogP contribution in [0.1, 0.15) is 18.1 Å². The molecule has 0 bridgehead atoms. The van der Waals surface area contributed by atoms with Gasteiger partial charge in [-0.05, 0) is 68.3 Å². The lowest BCUT2D eigenvalue weighted by atomic mass is 10.1. The van der Waals surface area contributed by atoms with Gasteiger partial charge in [-0.3, -0.25) is 4.79 Å². The Balaban J connectivity index is 1.87. The van der Waals surface area contributed by atoms with Crippen LogP contribution in [0.25, 0.3) is 10.2 Å². The number of hydrogen-bond acceptors (Lipinski definition) is 4. The zero-order valence-electron chi connectivity index (χ0n) is 16.2. The molecule has 0 N–H and O–H groups in total. The molecule has 0 aliphatic rings. The van der Waals surface area contributed by atoms with Crippen molar-refractivity contribution < 1.29 is 13.9 Å². The van der Waals surface area contributed by atoms with Gasteiger partial charge in [-0.1, -0.05) is 11.3 Å². The van der Waals surface area contributed by atoms with E-state index in [-0.39, 0.29) is 17.5 Å². The molecule has 0 aliphatic carbocycles. The third-order valence-corrected chi connectivity index (χ3v) is 6.40. The molecule has 1 amide bonds. The number of amides is 1. The predicted octanol–water partition coefficient (Wildman–Crippen LogP) is 4.71. The molecule has 3 rings (SSSR count). The van der Waals surface area contributed by atoms with Gasteiger partial charge in [-0.25, -0.2) is 4.39 Å². The summed E-state index contributed by atoms with van der Waals surface area (Å²) in [6.45, 7) is 8.00. The largest absolute Gasteiger partial charge is 0.380 e. The molecule has 148 valence electrons. The molecule has 0 spiro atoms. The van der Waals surface area contributed by atoms with E-state index in [4.69, 9.17) is 4.74 Å². The first-order valence-corrected chi connectivity index (χ1v) is 10.9. The van der Waals surface area contributed by atoms with E-state index in [9.17, 15) is 9.18 Å². The van der Waals surface area contributed by atoms with Gasteiger partial charge in [0.25, 0.3) is 5.91 Å². The summed E-state index contributed by atoms with van der Waals surface area (Å²) in [4.78, 5) is 18.3. The number of halogens is 1. The zero-order valence-corrected chi connectivity index (χ0v) is 17.8. The van der Waals surface area contributed by atoms with Gasteiger partial charge in [-0.15, -0.1) is 11.8 Å². The minimum atomic E-state index is -0.286. The lowest BCUT2D eigenvalue weighted by molar-refractivity contribution is -0.115. The summed E-state index contributed by atoms with van der Waals surface area (Å²) in [5.74, 6) is -0.283. The molecule has 4 nitrogen and oxygen atoms in total. The average Bonchev–Trinajstić information content (AvgIpc) is 2.98. The summed E-state index contributed by atoms with van der Waals surface area (Å²) in [6.07, 6.45) is 0. The Morgan fingerprint density at radius 3 is 2.64 bits per heavy atom. The van der Waals surface area contributed by atoms with Crippen LogP contribution in [-0.2, 0) is 16.1 Å². The minimum absolute atomic E-state index is 0.209. The summed E-state index contributed by atoms with van der Waals surface area (Å²) >= 11 is 2.87. The van der Waals surface area contributed by atoms with Gasteiger partial charge in [0.2, 0.25) is 0 Å². The van der Waals surface area contributed by atoms with Crippen LogP contribution in [0.5, 0.6) is 0 Å². The highest BCUT2D eigenvalue weighted by Gasteiger charge is 2.10. The summed E-state index contributed by atoms with van der Waals surface area (Å²) in [5, 5.41) is 0. The highest BCUT2D eigenvalue weighted by molar-refractivity contribution is 8.00. The van der Waals surface area contributed by atoms with Crippen LogP contribution in [0.3, 0.4) is 0 Å². The Bertz CT molecular complexity index is 1040. The van der Waals surface area contributed by atoms with Crippen LogP contribution in [0.4, 0.5) is 4.39 Å². The smallest absolute Gasteiger partial charge is 0.258 e. The number of nitrogens with zero attached hydrogens (tertiary/aromatic N) is 2. The van der Waals surface area contributed by atoms with Crippen molar-refractivity contribution in [3.63, 3.8) is 0 Å². The van der Waals surface area contributed by atoms with Crippen molar-refractivity contribution in [3.8, 4) is 0 Å². The van der Waals surface area contributed by atoms with E-state index in [1.807, 2.05) is 6.92 Å². The normalized spacial score (nSPS) is 12.1. The van der Waals surface area contributed by atoms with Crippen LogP contribution in [0, 0.1) is 19.7 Å². The third kappa shape index (κ3) is 5.10. The first-order chi connectivity index (χ1) is 13.5. The van der Waals surface area contributed by atoms with Gasteiger partial charge in [0, 0.05) is 18.0 Å². The molecular weight excluding hydrogens is 395 g/mol. The van der Waals surface area contributed by atoms with Gasteiger partial charge in [0.15, 0.2) is 4.80 Å². The van der Waals surface area contributed by atoms with Gasteiger partial charge in [-0.2, -0.15) is 4.99 Å². The van der Waals surface area contributed by atoms with Gasteiger partial charge >= 0.3 is 0 Å². The summed E-state index contributed by atoms with van der Waals surface area (Å²) < 4.78 is 21.7. The second-order valence-corrected chi connectivity index (χ2v) is 8.44. The standard InChI is InChI=1S/C21H23FN2O2S2/c1-4-26-10-9-24-18-11-14(2)15(3)12-19(18)28-21(24)23-20(25)13-27-17-7-5-16(22)6-8-17/h5-8,11-12H,4,9-10,13H2,1-3H3. The fourth-order valence-electron chi connectivity index (χ4n) is 2.74. The monoisotopic (exact) mass is 418 g/mol. The number of aryl methyl sites for hydroxylation is 2. The van der Waals surface area contributed by atoms with E-state index in [2.05, 4.69) is 35.5 Å². The van der Waals surface area contributed by atoms with Crippen LogP contribution in [-0.4, -0.2) is 29.4 Å². The maximum Gasteiger partial charge on any atom is 0.258 e. The molecule has 0 radical (unpaired) electrons. The topological polar surface area (TPSA) is 43.6 Å². The van der Waals surface area contributed by atoms with Crippen molar-refractivity contribution in [1.29, 1.82) is 0 Å². The Morgan fingerprint density at radius 1 is 1.21 bits per heavy atom. The van der Waals surface area contributed by atoms with Crippen LogP contribution < -0.4 is 4.80 Å². The van der Waals surface area contributed by atoms with E-state index in [0.717, 1.165) is 15.1 Å². The van der Waals surface area contributed by atoms with Gasteiger partial charge < -0.3 is 9.30 Å². The van der Waals surface area contributed by atoms with Crippen molar-refractivity contribution in [3.05, 3.63) is 58.1 Å². The maximum absolute atomic E-state index is 13.0. The van der Waals surface area contributed by atoms with E-state index in [1.165, 1.54) is 46.4 Å². The van der Waals surface area contributed by atoms with Crippen molar-refractivity contribution in [2.75, 3.05) is 19.0 Å². The van der Waals surface area contributed by atoms with Crippen molar-refractivity contribution in [2.45, 2.75) is 32.2 Å². The van der Waals surface area contributed by atoms with E-state index < -0.39 is 0 Å². The van der Waals surface area contributed by atoms with Crippen LogP contribution in [0.2, 0.25) is 0 Å². The number of carbonyl (C=O) groups is 1. The summed E-state index contributed by atoms with van der Waals surface area (Å²) in [6, 6.07) is 10.4. The number of benzene rings is 2. The number of rotatable bonds is 7. The van der Waals surface area contributed by atoms with Crippen LogP contribution >= 0.6 is 23.1 Å². The molecule has 2 aromatic carbocycles. The summed E-state index contributed by atoms with van der Waals surface area (Å²) in [7, 11) is 0. The molecule has 7 heteroatoms. The second kappa shape index (κ2) is 9.49. The Hall–Kier alpha value is -1.96. The Morgan fingerprint density at radius 2 is 1.93 bits per heavy atom. The third-order valence-electron chi connectivity index (χ3n) is 4.36. The number of thioether (sulfide) groups is 1. The Kier molecular flexibility index (Phi) is 7.04. The molecule has 0 saturated heterocycles. The molecule has 0 aliphatic heterocycles. The van der Waals surface area contributed by atoms with E-state index >= 15 is 0 Å². The van der Waals surface area contributed by atoms with Crippen molar-refractivity contribution in [2.24, 2.45) is 4.99 Å². The first-order valence-electron chi connectivity index (χ1n) is 9.12. The maximum atomic E-state index is 13.0. The van der Waals surface area contributed by atoms with Crippen LogP contribution in [0.15, 0.2) is 46.3 Å². The second-order valence-electron chi connectivity index (χ2n) is 6.39. The molecular formula is C21H23FN2O2S2. The highest BCUT2D eigenvalue weighted by Crippen LogP contribution is 2.22. The summed E-state index contributed by atoms with van der Waals surface area (Å²) in [5.41, 5.74) is 3.50. The SMILES string of the molecule is CCOCCn1c(=NC(=O)CSc2ccc(F)cc2)sc2cc(C)c(C)cc21. The number of ether oxygens (including phenoxy) is 1. The van der Waals surface area contributed by atoms with Gasteiger partial charge in [0.05, 0.1) is 22.6 Å². The quantitative estimate of drug-likeness (QED) is 0.412. The predicted molar refractivity (Wildman–Crippen MR) is 113 cm³/mol. The molecule has 28 heavy (non-hydrogen) atoms. The lowest BCUT2D eigenvalue weighted by Gasteiger charge is -2.07. The highest BCUT2D eigenvalue weighted by atomic mass is 32.2. The van der Waals surface area contributed by atoms with Gasteiger partial charge in [0.1, 0.15) is 5.82 Å². The number of carbonyl (C=O) groups excluding carboxylic acids is 1. The fourth-order valence-corrected chi connectivity index (χ4v) is 4.57. The number of hydrogen-bond donors (Lipinski definition) is 0.